The van der Waals surface area contributed by atoms with E-state index in [-0.39, 0.29) is 0 Å². The minimum absolute atomic E-state index is 0.420. The Morgan fingerprint density at radius 2 is 1.23 bits per heavy atom. The minimum atomic E-state index is -0.723. The fourth-order valence-corrected chi connectivity index (χ4v) is 6.85. The standard InChI is InChI=1S/C31H62N6O2/c32-15-5-4-10-30(31(38)39)35-26-29-13-11-28(12-14-29)25-34-17-7-19-37-22-20-36(21-23-37)18-6-16-33-24-27-8-2-1-3-9-27/h27-30,33-35H,1-26,32H2,(H,38,39)/t28?,29?,30-/m0/s1. The van der Waals surface area contributed by atoms with Crippen molar-refractivity contribution in [1.82, 2.24) is 25.8 Å². The molecule has 2 aliphatic carbocycles. The van der Waals surface area contributed by atoms with Crippen LogP contribution < -0.4 is 21.7 Å². The van der Waals surface area contributed by atoms with Gasteiger partial charge in [0.1, 0.15) is 6.04 Å². The van der Waals surface area contributed by atoms with Crippen molar-refractivity contribution < 1.29 is 9.90 Å². The molecular formula is C31H62N6O2. The molecule has 0 spiro atoms. The molecule has 6 N–H and O–H groups in total. The van der Waals surface area contributed by atoms with Gasteiger partial charge in [-0.05, 0) is 134 Å². The minimum Gasteiger partial charge on any atom is -0.480 e. The van der Waals surface area contributed by atoms with Crippen LogP contribution in [0.1, 0.15) is 89.9 Å². The maximum atomic E-state index is 11.5. The predicted octanol–water partition coefficient (Wildman–Crippen LogP) is 3.12. The number of nitrogens with zero attached hydrogens (tertiary/aromatic N) is 2. The van der Waals surface area contributed by atoms with Crippen molar-refractivity contribution in [2.45, 2.75) is 95.9 Å². The summed E-state index contributed by atoms with van der Waals surface area (Å²) in [6, 6.07) is -0.420. The molecule has 2 saturated carbocycles. The first kappa shape index (κ1) is 32.7. The molecule has 0 aromatic heterocycles. The van der Waals surface area contributed by atoms with Crippen molar-refractivity contribution in [2.24, 2.45) is 23.5 Å². The van der Waals surface area contributed by atoms with Crippen molar-refractivity contribution in [2.75, 3.05) is 78.5 Å². The van der Waals surface area contributed by atoms with E-state index in [1.165, 1.54) is 123 Å². The van der Waals surface area contributed by atoms with Crippen LogP contribution in [0.2, 0.25) is 0 Å². The lowest BCUT2D eigenvalue weighted by Gasteiger charge is -2.35. The van der Waals surface area contributed by atoms with Gasteiger partial charge in [-0.15, -0.1) is 0 Å². The number of carboxylic acids is 1. The van der Waals surface area contributed by atoms with Gasteiger partial charge in [0.15, 0.2) is 0 Å². The Hall–Kier alpha value is -0.770. The molecule has 0 unspecified atom stereocenters. The van der Waals surface area contributed by atoms with Gasteiger partial charge in [-0.25, -0.2) is 0 Å². The summed E-state index contributed by atoms with van der Waals surface area (Å²) in [6.45, 7) is 13.5. The molecule has 1 aliphatic heterocycles. The van der Waals surface area contributed by atoms with E-state index in [0.717, 1.165) is 44.3 Å². The first-order chi connectivity index (χ1) is 19.1. The number of nitrogens with one attached hydrogen (secondary N) is 3. The zero-order valence-corrected chi connectivity index (χ0v) is 25.0. The van der Waals surface area contributed by atoms with E-state index >= 15 is 0 Å². The van der Waals surface area contributed by atoms with Gasteiger partial charge in [-0.3, -0.25) is 4.79 Å². The summed E-state index contributed by atoms with van der Waals surface area (Å²) in [6.07, 6.45) is 17.2. The van der Waals surface area contributed by atoms with Crippen LogP contribution in [0, 0.1) is 17.8 Å². The summed E-state index contributed by atoms with van der Waals surface area (Å²) in [5.74, 6) is 1.62. The third kappa shape index (κ3) is 14.1. The molecule has 1 saturated heterocycles. The Bertz CT molecular complexity index is 616. The number of rotatable bonds is 20. The molecule has 1 atom stereocenters. The normalized spacial score (nSPS) is 24.6. The van der Waals surface area contributed by atoms with Crippen LogP contribution in [0.5, 0.6) is 0 Å². The van der Waals surface area contributed by atoms with Crippen LogP contribution in [0.3, 0.4) is 0 Å². The zero-order valence-electron chi connectivity index (χ0n) is 25.0. The lowest BCUT2D eigenvalue weighted by Crippen LogP contribution is -2.47. The number of nitrogens with two attached hydrogens (primary N) is 1. The highest BCUT2D eigenvalue weighted by Crippen LogP contribution is 2.28. The smallest absolute Gasteiger partial charge is 0.320 e. The summed E-state index contributed by atoms with van der Waals surface area (Å²) < 4.78 is 0. The van der Waals surface area contributed by atoms with E-state index in [1.54, 1.807) is 0 Å². The maximum absolute atomic E-state index is 11.5. The number of carbonyl (C=O) groups is 1. The number of unbranched alkanes of at least 4 members (excludes halogenated alkanes) is 1. The highest BCUT2D eigenvalue weighted by molar-refractivity contribution is 5.73. The number of aliphatic carboxylic acids is 1. The second kappa shape index (κ2) is 20.2. The average molecular weight is 551 g/mol. The van der Waals surface area contributed by atoms with Crippen LogP contribution in [-0.2, 0) is 4.79 Å². The molecule has 39 heavy (non-hydrogen) atoms. The first-order valence-electron chi connectivity index (χ1n) is 16.7. The molecular weight excluding hydrogens is 488 g/mol. The average Bonchev–Trinajstić information content (AvgIpc) is 2.96. The van der Waals surface area contributed by atoms with Crippen LogP contribution in [0.15, 0.2) is 0 Å². The lowest BCUT2D eigenvalue weighted by atomic mass is 9.82. The van der Waals surface area contributed by atoms with Gasteiger partial charge < -0.3 is 36.6 Å². The van der Waals surface area contributed by atoms with Gasteiger partial charge in [0.25, 0.3) is 0 Å². The fraction of sp³-hybridized carbons (Fsp3) is 0.968. The summed E-state index contributed by atoms with van der Waals surface area (Å²) in [7, 11) is 0. The molecule has 0 amide bonds. The first-order valence-corrected chi connectivity index (χ1v) is 16.7. The Kier molecular flexibility index (Phi) is 16.9. The summed E-state index contributed by atoms with van der Waals surface area (Å²) in [4.78, 5) is 16.8. The molecule has 3 rings (SSSR count). The van der Waals surface area contributed by atoms with Gasteiger partial charge in [-0.2, -0.15) is 0 Å². The SMILES string of the molecule is NCCCC[C@H](NCC1CCC(CNCCCN2CCN(CCCNCC3CCCCC3)CC2)CC1)C(=O)O. The van der Waals surface area contributed by atoms with E-state index in [2.05, 4.69) is 25.8 Å². The summed E-state index contributed by atoms with van der Waals surface area (Å²) in [5, 5.41) is 20.2. The monoisotopic (exact) mass is 550 g/mol. The molecule has 0 aromatic rings. The van der Waals surface area contributed by atoms with Crippen LogP contribution in [-0.4, -0.2) is 105 Å². The van der Waals surface area contributed by atoms with Gasteiger partial charge in [-0.1, -0.05) is 25.7 Å². The third-order valence-electron chi connectivity index (χ3n) is 9.58. The van der Waals surface area contributed by atoms with Crippen LogP contribution in [0.4, 0.5) is 0 Å². The Balaban J connectivity index is 1.11. The van der Waals surface area contributed by atoms with E-state index < -0.39 is 12.0 Å². The number of hydrogen-bond acceptors (Lipinski definition) is 7. The molecule has 8 nitrogen and oxygen atoms in total. The third-order valence-corrected chi connectivity index (χ3v) is 9.58. The van der Waals surface area contributed by atoms with Crippen LogP contribution in [0.25, 0.3) is 0 Å². The van der Waals surface area contributed by atoms with E-state index in [0.29, 0.717) is 18.9 Å². The molecule has 3 fully saturated rings. The van der Waals surface area contributed by atoms with E-state index in [1.807, 2.05) is 0 Å². The number of piperazine rings is 1. The Morgan fingerprint density at radius 1 is 0.718 bits per heavy atom. The topological polar surface area (TPSA) is 106 Å². The van der Waals surface area contributed by atoms with Crippen molar-refractivity contribution >= 4 is 5.97 Å². The van der Waals surface area contributed by atoms with Gasteiger partial charge in [0.2, 0.25) is 0 Å². The maximum Gasteiger partial charge on any atom is 0.320 e. The van der Waals surface area contributed by atoms with Crippen molar-refractivity contribution in [3.8, 4) is 0 Å². The molecule has 0 radical (unpaired) electrons. The molecule has 0 aromatic carbocycles. The highest BCUT2D eigenvalue weighted by Gasteiger charge is 2.23. The zero-order chi connectivity index (χ0) is 27.5. The molecule has 0 bridgehead atoms. The van der Waals surface area contributed by atoms with Crippen molar-refractivity contribution in [1.29, 1.82) is 0 Å². The quantitative estimate of drug-likeness (QED) is 0.147. The predicted molar refractivity (Wildman–Crippen MR) is 162 cm³/mol. The fourth-order valence-electron chi connectivity index (χ4n) is 6.85. The van der Waals surface area contributed by atoms with Crippen molar-refractivity contribution in [3.63, 3.8) is 0 Å². The molecule has 8 heteroatoms. The van der Waals surface area contributed by atoms with Gasteiger partial charge in [0.05, 0.1) is 0 Å². The Morgan fingerprint density at radius 3 is 1.74 bits per heavy atom. The lowest BCUT2D eigenvalue weighted by molar-refractivity contribution is -0.139. The second-order valence-electron chi connectivity index (χ2n) is 12.8. The summed E-state index contributed by atoms with van der Waals surface area (Å²) >= 11 is 0. The van der Waals surface area contributed by atoms with E-state index in [9.17, 15) is 9.90 Å². The van der Waals surface area contributed by atoms with Gasteiger partial charge in [0, 0.05) is 26.2 Å². The van der Waals surface area contributed by atoms with E-state index in [4.69, 9.17) is 5.73 Å². The van der Waals surface area contributed by atoms with Gasteiger partial charge >= 0.3 is 5.97 Å². The highest BCUT2D eigenvalue weighted by atomic mass is 16.4. The molecule has 1 heterocycles. The molecule has 3 aliphatic rings. The number of carboxylic acid groups (broad SMARTS) is 1. The Labute approximate surface area is 239 Å². The second-order valence-corrected chi connectivity index (χ2v) is 12.8. The summed E-state index contributed by atoms with van der Waals surface area (Å²) in [5.41, 5.74) is 5.54. The largest absolute Gasteiger partial charge is 0.480 e. The van der Waals surface area contributed by atoms with Crippen LogP contribution >= 0.6 is 0 Å². The molecule has 228 valence electrons. The number of hydrogen-bond donors (Lipinski definition) is 5. The van der Waals surface area contributed by atoms with Crippen molar-refractivity contribution in [3.05, 3.63) is 0 Å².